The highest BCUT2D eigenvalue weighted by Gasteiger charge is 2.35. The zero-order valence-electron chi connectivity index (χ0n) is 26.2. The van der Waals surface area contributed by atoms with Gasteiger partial charge in [-0.25, -0.2) is 12.8 Å². The summed E-state index contributed by atoms with van der Waals surface area (Å²) in [7, 11) is -4.20. The molecule has 4 rings (SSSR count). The molecule has 0 aliphatic rings. The van der Waals surface area contributed by atoms with Gasteiger partial charge in [-0.05, 0) is 79.8 Å². The number of hydrogen-bond acceptors (Lipinski definition) is 4. The van der Waals surface area contributed by atoms with Gasteiger partial charge in [-0.15, -0.1) is 0 Å². The number of nitrogens with one attached hydrogen (secondary N) is 1. The van der Waals surface area contributed by atoms with Gasteiger partial charge in [0.15, 0.2) is 0 Å². The number of sulfonamides is 1. The van der Waals surface area contributed by atoms with E-state index in [1.54, 1.807) is 36.4 Å². The van der Waals surface area contributed by atoms with Crippen molar-refractivity contribution in [3.05, 3.63) is 131 Å². The van der Waals surface area contributed by atoms with Crippen molar-refractivity contribution >= 4 is 27.5 Å². The average Bonchev–Trinajstić information content (AvgIpc) is 3.03. The van der Waals surface area contributed by atoms with Crippen molar-refractivity contribution in [2.45, 2.75) is 58.0 Å². The first-order valence-electron chi connectivity index (χ1n) is 15.0. The molecule has 236 valence electrons. The number of aryl methyl sites for hydroxylation is 2. The molecule has 0 aromatic heterocycles. The van der Waals surface area contributed by atoms with E-state index in [1.807, 2.05) is 64.1 Å². The molecule has 1 atom stereocenters. The fourth-order valence-electron chi connectivity index (χ4n) is 5.06. The molecule has 0 spiro atoms. The summed E-state index contributed by atoms with van der Waals surface area (Å²) in [6.45, 7) is 7.35. The fraction of sp³-hybridized carbons (Fsp3) is 0.278. The summed E-state index contributed by atoms with van der Waals surface area (Å²) in [6.07, 6.45) is 0.905. The zero-order valence-corrected chi connectivity index (χ0v) is 27.0. The van der Waals surface area contributed by atoms with Gasteiger partial charge in [-0.1, -0.05) is 79.2 Å². The van der Waals surface area contributed by atoms with Crippen molar-refractivity contribution in [3.8, 4) is 0 Å². The first kappa shape index (κ1) is 33.4. The van der Waals surface area contributed by atoms with E-state index in [4.69, 9.17) is 0 Å². The van der Waals surface area contributed by atoms with Gasteiger partial charge >= 0.3 is 0 Å². The molecule has 0 radical (unpaired) electrons. The minimum absolute atomic E-state index is 0.0264. The number of hydrogen-bond donors (Lipinski definition) is 1. The van der Waals surface area contributed by atoms with Crippen LogP contribution in [0.1, 0.15) is 41.2 Å². The second-order valence-corrected chi connectivity index (χ2v) is 13.1. The molecule has 0 unspecified atom stereocenters. The van der Waals surface area contributed by atoms with Crippen LogP contribution in [0, 0.1) is 26.6 Å². The molecule has 0 heterocycles. The summed E-state index contributed by atoms with van der Waals surface area (Å²) in [5.41, 5.74) is 4.30. The van der Waals surface area contributed by atoms with E-state index in [2.05, 4.69) is 5.32 Å². The van der Waals surface area contributed by atoms with E-state index in [0.717, 1.165) is 21.0 Å². The first-order valence-corrected chi connectivity index (χ1v) is 16.5. The quantitative estimate of drug-likeness (QED) is 0.193. The van der Waals surface area contributed by atoms with Gasteiger partial charge in [-0.3, -0.25) is 13.9 Å². The lowest BCUT2D eigenvalue weighted by Crippen LogP contribution is -2.53. The van der Waals surface area contributed by atoms with Crippen molar-refractivity contribution in [2.24, 2.45) is 0 Å². The van der Waals surface area contributed by atoms with Crippen LogP contribution in [0.2, 0.25) is 0 Å². The van der Waals surface area contributed by atoms with E-state index in [1.165, 1.54) is 29.2 Å². The molecule has 0 saturated carbocycles. The second-order valence-electron chi connectivity index (χ2n) is 11.2. The average molecular weight is 630 g/mol. The molecule has 9 heteroatoms. The highest BCUT2D eigenvalue weighted by atomic mass is 32.2. The Morgan fingerprint density at radius 1 is 0.822 bits per heavy atom. The van der Waals surface area contributed by atoms with Crippen LogP contribution in [-0.4, -0.2) is 44.3 Å². The third kappa shape index (κ3) is 8.36. The van der Waals surface area contributed by atoms with Gasteiger partial charge in [-0.2, -0.15) is 0 Å². The fourth-order valence-corrected chi connectivity index (χ4v) is 6.53. The molecule has 0 saturated heterocycles. The molecule has 4 aromatic rings. The normalized spacial score (nSPS) is 11.9. The lowest BCUT2D eigenvalue weighted by molar-refractivity contribution is -0.140. The van der Waals surface area contributed by atoms with Crippen LogP contribution >= 0.6 is 0 Å². The molecule has 7 nitrogen and oxygen atoms in total. The Morgan fingerprint density at radius 3 is 2.13 bits per heavy atom. The zero-order chi connectivity index (χ0) is 32.6. The van der Waals surface area contributed by atoms with Gasteiger partial charge in [0.2, 0.25) is 11.8 Å². The summed E-state index contributed by atoms with van der Waals surface area (Å²) in [5, 5.41) is 2.92. The van der Waals surface area contributed by atoms with Crippen molar-refractivity contribution < 1.29 is 22.4 Å². The molecular formula is C36H40FN3O4S. The summed E-state index contributed by atoms with van der Waals surface area (Å²) in [4.78, 5) is 29.7. The molecule has 2 amide bonds. The van der Waals surface area contributed by atoms with Crippen LogP contribution in [0.5, 0.6) is 0 Å². The maximum atomic E-state index is 14.5. The Kier molecular flexibility index (Phi) is 11.1. The number of carbonyl (C=O) groups excluding carboxylic acids is 2. The molecule has 1 N–H and O–H groups in total. The Morgan fingerprint density at radius 2 is 1.49 bits per heavy atom. The van der Waals surface area contributed by atoms with Gasteiger partial charge in [0.05, 0.1) is 10.6 Å². The summed E-state index contributed by atoms with van der Waals surface area (Å²) in [6, 6.07) is 25.9. The van der Waals surface area contributed by atoms with E-state index in [0.29, 0.717) is 29.8 Å². The van der Waals surface area contributed by atoms with Crippen LogP contribution < -0.4 is 9.62 Å². The van der Waals surface area contributed by atoms with Gasteiger partial charge in [0.25, 0.3) is 10.0 Å². The minimum atomic E-state index is -4.20. The lowest BCUT2D eigenvalue weighted by atomic mass is 10.0. The molecule has 0 aliphatic carbocycles. The van der Waals surface area contributed by atoms with E-state index < -0.39 is 34.3 Å². The second kappa shape index (κ2) is 15.0. The smallest absolute Gasteiger partial charge is 0.264 e. The monoisotopic (exact) mass is 629 g/mol. The molecule has 0 bridgehead atoms. The maximum absolute atomic E-state index is 14.5. The van der Waals surface area contributed by atoms with Crippen LogP contribution in [0.4, 0.5) is 10.1 Å². The van der Waals surface area contributed by atoms with E-state index in [-0.39, 0.29) is 23.8 Å². The summed E-state index contributed by atoms with van der Waals surface area (Å²) >= 11 is 0. The Balaban J connectivity index is 1.82. The molecular weight excluding hydrogens is 589 g/mol. The number of carbonyl (C=O) groups is 2. The Hall–Kier alpha value is -4.50. The van der Waals surface area contributed by atoms with Crippen molar-refractivity contribution in [1.29, 1.82) is 0 Å². The van der Waals surface area contributed by atoms with E-state index >= 15 is 0 Å². The van der Waals surface area contributed by atoms with Gasteiger partial charge < -0.3 is 10.2 Å². The van der Waals surface area contributed by atoms with E-state index in [9.17, 15) is 22.4 Å². The molecule has 4 aromatic carbocycles. The van der Waals surface area contributed by atoms with Crippen LogP contribution in [0.15, 0.2) is 102 Å². The predicted molar refractivity (Wildman–Crippen MR) is 176 cm³/mol. The minimum Gasteiger partial charge on any atom is -0.354 e. The Bertz CT molecular complexity index is 1710. The number of halogens is 1. The van der Waals surface area contributed by atoms with Crippen LogP contribution in [0.25, 0.3) is 0 Å². The SMILES string of the molecule is CCCNC(=O)[C@@H](Cc1ccccc1)N(Cc1ccc(F)cc1)C(=O)CN(c1cccc(C)c1C)S(=O)(=O)c1ccc(C)cc1. The van der Waals surface area contributed by atoms with Gasteiger partial charge in [0.1, 0.15) is 18.4 Å². The molecule has 0 aliphatic heterocycles. The van der Waals surface area contributed by atoms with Crippen LogP contribution in [-0.2, 0) is 32.6 Å². The number of nitrogens with zero attached hydrogens (tertiary/aromatic N) is 2. The van der Waals surface area contributed by atoms with Crippen molar-refractivity contribution in [2.75, 3.05) is 17.4 Å². The highest BCUT2D eigenvalue weighted by Crippen LogP contribution is 2.29. The Labute approximate surface area is 265 Å². The molecule has 0 fully saturated rings. The predicted octanol–water partition coefficient (Wildman–Crippen LogP) is 6.11. The maximum Gasteiger partial charge on any atom is 0.264 e. The summed E-state index contributed by atoms with van der Waals surface area (Å²) in [5.74, 6) is -1.34. The third-order valence-electron chi connectivity index (χ3n) is 7.82. The molecule has 45 heavy (non-hydrogen) atoms. The topological polar surface area (TPSA) is 86.8 Å². The van der Waals surface area contributed by atoms with Crippen LogP contribution in [0.3, 0.4) is 0 Å². The first-order chi connectivity index (χ1) is 21.5. The highest BCUT2D eigenvalue weighted by molar-refractivity contribution is 7.92. The standard InChI is InChI=1S/C36H40FN3O4S/c1-5-22-38-36(42)34(23-29-11-7-6-8-12-29)39(24-30-16-18-31(37)19-17-30)35(41)25-40(33-13-9-10-27(3)28(33)4)45(43,44)32-20-14-26(2)15-21-32/h6-21,34H,5,22-25H2,1-4H3,(H,38,42)/t34-/m1/s1. The van der Waals surface area contributed by atoms with Crippen molar-refractivity contribution in [3.63, 3.8) is 0 Å². The largest absolute Gasteiger partial charge is 0.354 e. The lowest BCUT2D eigenvalue weighted by Gasteiger charge is -2.34. The number of amides is 2. The summed E-state index contributed by atoms with van der Waals surface area (Å²) < 4.78 is 43.4. The van der Waals surface area contributed by atoms with Crippen molar-refractivity contribution in [1.82, 2.24) is 10.2 Å². The number of rotatable bonds is 13. The third-order valence-corrected chi connectivity index (χ3v) is 9.59. The number of anilines is 1. The van der Waals surface area contributed by atoms with Gasteiger partial charge in [0, 0.05) is 19.5 Å². The number of benzene rings is 4.